The van der Waals surface area contributed by atoms with Crippen molar-refractivity contribution >= 4 is 22.6 Å². The molecule has 0 aliphatic rings. The number of benzene rings is 1. The lowest BCUT2D eigenvalue weighted by Gasteiger charge is -2.01. The van der Waals surface area contributed by atoms with Crippen molar-refractivity contribution in [1.82, 2.24) is 9.55 Å². The van der Waals surface area contributed by atoms with Crippen molar-refractivity contribution in [1.29, 1.82) is 0 Å². The molecule has 0 atom stereocenters. The molecule has 15 heavy (non-hydrogen) atoms. The summed E-state index contributed by atoms with van der Waals surface area (Å²) in [5, 5.41) is 0.753. The van der Waals surface area contributed by atoms with Crippen LogP contribution in [-0.4, -0.2) is 16.1 Å². The number of fused-ring (bicyclic) bond motifs is 1. The second-order valence-corrected chi connectivity index (χ2v) is 4.15. The highest BCUT2D eigenvalue weighted by molar-refractivity contribution is 6.35. The molecule has 0 aliphatic heterocycles. The molecule has 1 aromatic heterocycles. The number of aryl methyl sites for hydroxylation is 2. The maximum atomic E-state index is 6.19. The minimum Gasteiger partial charge on any atom is -0.330 e. The number of hydrogen-bond donors (Lipinski definition) is 1. The highest BCUT2D eigenvalue weighted by Crippen LogP contribution is 2.25. The third-order valence-electron chi connectivity index (χ3n) is 2.53. The number of halogens is 1. The zero-order valence-electron chi connectivity index (χ0n) is 8.92. The van der Waals surface area contributed by atoms with Gasteiger partial charge in [-0.15, -0.1) is 0 Å². The van der Waals surface area contributed by atoms with Gasteiger partial charge >= 0.3 is 0 Å². The van der Waals surface area contributed by atoms with Gasteiger partial charge in [-0.2, -0.15) is 0 Å². The van der Waals surface area contributed by atoms with Crippen molar-refractivity contribution in [2.75, 3.05) is 6.54 Å². The Labute approximate surface area is 93.9 Å². The van der Waals surface area contributed by atoms with Crippen molar-refractivity contribution in [3.8, 4) is 0 Å². The predicted molar refractivity (Wildman–Crippen MR) is 63.2 cm³/mol. The fraction of sp³-hybridized carbons (Fsp3) is 0.364. The highest BCUT2D eigenvalue weighted by atomic mass is 35.5. The minimum absolute atomic E-state index is 0.605. The maximum Gasteiger partial charge on any atom is 0.110 e. The summed E-state index contributed by atoms with van der Waals surface area (Å²) in [5.41, 5.74) is 8.60. The summed E-state index contributed by atoms with van der Waals surface area (Å²) in [7, 11) is 1.97. The zero-order chi connectivity index (χ0) is 11.0. The molecule has 2 aromatic rings. The molecule has 0 saturated carbocycles. The van der Waals surface area contributed by atoms with Crippen molar-refractivity contribution < 1.29 is 0 Å². The number of aromatic nitrogens is 2. The first-order chi connectivity index (χ1) is 7.13. The number of nitrogens with two attached hydrogens (primary N) is 1. The molecule has 0 radical (unpaired) electrons. The number of hydrogen-bond acceptors (Lipinski definition) is 2. The predicted octanol–water partition coefficient (Wildman–Crippen LogP) is 2.04. The van der Waals surface area contributed by atoms with E-state index in [0.717, 1.165) is 33.9 Å². The summed E-state index contributed by atoms with van der Waals surface area (Å²) >= 11 is 6.19. The topological polar surface area (TPSA) is 43.8 Å². The Morgan fingerprint density at radius 1 is 1.47 bits per heavy atom. The van der Waals surface area contributed by atoms with Crippen LogP contribution in [0.1, 0.15) is 11.4 Å². The van der Waals surface area contributed by atoms with Gasteiger partial charge in [0.25, 0.3) is 0 Å². The van der Waals surface area contributed by atoms with Crippen LogP contribution in [0.5, 0.6) is 0 Å². The summed E-state index contributed by atoms with van der Waals surface area (Å²) in [4.78, 5) is 4.52. The summed E-state index contributed by atoms with van der Waals surface area (Å²) in [6.07, 6.45) is 0.778. The molecule has 2 rings (SSSR count). The minimum atomic E-state index is 0.605. The van der Waals surface area contributed by atoms with Gasteiger partial charge < -0.3 is 10.3 Å². The Morgan fingerprint density at radius 3 is 2.87 bits per heavy atom. The van der Waals surface area contributed by atoms with E-state index in [1.807, 2.05) is 30.7 Å². The van der Waals surface area contributed by atoms with E-state index in [0.29, 0.717) is 6.54 Å². The van der Waals surface area contributed by atoms with E-state index < -0.39 is 0 Å². The molecule has 80 valence electrons. The average Bonchev–Trinajstić information content (AvgIpc) is 2.43. The van der Waals surface area contributed by atoms with Crippen molar-refractivity contribution in [2.24, 2.45) is 12.8 Å². The second-order valence-electron chi connectivity index (χ2n) is 3.74. The third kappa shape index (κ3) is 1.73. The number of rotatable bonds is 2. The molecule has 2 N–H and O–H groups in total. The number of nitrogens with zero attached hydrogens (tertiary/aromatic N) is 2. The largest absolute Gasteiger partial charge is 0.330 e. The first-order valence-electron chi connectivity index (χ1n) is 4.95. The zero-order valence-corrected chi connectivity index (χ0v) is 9.67. The van der Waals surface area contributed by atoms with Crippen molar-refractivity contribution in [3.63, 3.8) is 0 Å². The fourth-order valence-electron chi connectivity index (χ4n) is 1.83. The van der Waals surface area contributed by atoms with E-state index in [2.05, 4.69) is 4.98 Å². The van der Waals surface area contributed by atoms with Gasteiger partial charge in [-0.1, -0.05) is 11.6 Å². The smallest absolute Gasteiger partial charge is 0.110 e. The Morgan fingerprint density at radius 2 is 2.20 bits per heavy atom. The van der Waals surface area contributed by atoms with Crippen LogP contribution in [-0.2, 0) is 13.5 Å². The van der Waals surface area contributed by atoms with Gasteiger partial charge in [0.05, 0.1) is 16.1 Å². The van der Waals surface area contributed by atoms with E-state index in [1.165, 1.54) is 0 Å². The van der Waals surface area contributed by atoms with Crippen LogP contribution in [0, 0.1) is 6.92 Å². The number of imidazole rings is 1. The van der Waals surface area contributed by atoms with Gasteiger partial charge in [0.15, 0.2) is 0 Å². The van der Waals surface area contributed by atoms with E-state index in [-0.39, 0.29) is 0 Å². The maximum absolute atomic E-state index is 6.19. The van der Waals surface area contributed by atoms with Gasteiger partial charge in [0.1, 0.15) is 5.82 Å². The third-order valence-corrected chi connectivity index (χ3v) is 2.82. The van der Waals surface area contributed by atoms with Gasteiger partial charge in [-0.25, -0.2) is 4.98 Å². The van der Waals surface area contributed by atoms with E-state index in [1.54, 1.807) is 0 Å². The lowest BCUT2D eigenvalue weighted by molar-refractivity contribution is 0.794. The van der Waals surface area contributed by atoms with Crippen LogP contribution in [0.25, 0.3) is 11.0 Å². The molecule has 0 unspecified atom stereocenters. The Hall–Kier alpha value is -1.06. The van der Waals surface area contributed by atoms with Crippen molar-refractivity contribution in [2.45, 2.75) is 13.3 Å². The Balaban J connectivity index is 2.70. The summed E-state index contributed by atoms with van der Waals surface area (Å²) in [6, 6.07) is 4.00. The molecular formula is C11H14ClN3. The molecule has 0 fully saturated rings. The summed E-state index contributed by atoms with van der Waals surface area (Å²) in [5.74, 6) is 0.986. The monoisotopic (exact) mass is 223 g/mol. The normalized spacial score (nSPS) is 11.2. The lowest BCUT2D eigenvalue weighted by atomic mass is 10.2. The molecule has 0 amide bonds. The molecule has 4 heteroatoms. The van der Waals surface area contributed by atoms with Crippen LogP contribution in [0.2, 0.25) is 5.02 Å². The summed E-state index contributed by atoms with van der Waals surface area (Å²) < 4.78 is 2.02. The average molecular weight is 224 g/mol. The highest BCUT2D eigenvalue weighted by Gasteiger charge is 2.10. The van der Waals surface area contributed by atoms with Gasteiger partial charge in [-0.05, 0) is 31.2 Å². The van der Waals surface area contributed by atoms with Crippen LogP contribution >= 0.6 is 11.6 Å². The Bertz CT molecular complexity index is 502. The van der Waals surface area contributed by atoms with Gasteiger partial charge in [-0.3, -0.25) is 0 Å². The molecule has 1 heterocycles. The standard InChI is InChI=1S/C11H14ClN3/c1-7-5-8(12)11-9(6-7)14-10(3-4-13)15(11)2/h5-6H,3-4,13H2,1-2H3. The molecule has 0 bridgehead atoms. The van der Waals surface area contributed by atoms with Crippen LogP contribution in [0.3, 0.4) is 0 Å². The van der Waals surface area contributed by atoms with Crippen molar-refractivity contribution in [3.05, 3.63) is 28.5 Å². The molecule has 3 nitrogen and oxygen atoms in total. The quantitative estimate of drug-likeness (QED) is 0.847. The SMILES string of the molecule is Cc1cc(Cl)c2c(c1)nc(CCN)n2C. The van der Waals surface area contributed by atoms with E-state index >= 15 is 0 Å². The second kappa shape index (κ2) is 3.83. The Kier molecular flexibility index (Phi) is 2.67. The van der Waals surface area contributed by atoms with Gasteiger partial charge in [0.2, 0.25) is 0 Å². The van der Waals surface area contributed by atoms with Crippen LogP contribution in [0.4, 0.5) is 0 Å². The first-order valence-corrected chi connectivity index (χ1v) is 5.33. The first kappa shape index (κ1) is 10.5. The van der Waals surface area contributed by atoms with E-state index in [9.17, 15) is 0 Å². The van der Waals surface area contributed by atoms with Gasteiger partial charge in [0, 0.05) is 13.5 Å². The molecule has 0 aliphatic carbocycles. The van der Waals surface area contributed by atoms with Crippen LogP contribution in [0.15, 0.2) is 12.1 Å². The summed E-state index contributed by atoms with van der Waals surface area (Å²) in [6.45, 7) is 2.62. The van der Waals surface area contributed by atoms with Crippen LogP contribution < -0.4 is 5.73 Å². The molecule has 0 saturated heterocycles. The fourth-order valence-corrected chi connectivity index (χ4v) is 2.23. The molecular weight excluding hydrogens is 210 g/mol. The molecule has 1 aromatic carbocycles. The van der Waals surface area contributed by atoms with E-state index in [4.69, 9.17) is 17.3 Å². The molecule has 0 spiro atoms. The lowest BCUT2D eigenvalue weighted by Crippen LogP contribution is -2.07.